The zero-order valence-electron chi connectivity index (χ0n) is 11.2. The summed E-state index contributed by atoms with van der Waals surface area (Å²) >= 11 is 0. The van der Waals surface area contributed by atoms with E-state index >= 15 is 0 Å². The van der Waals surface area contributed by atoms with E-state index in [1.54, 1.807) is 7.05 Å². The van der Waals surface area contributed by atoms with Crippen LogP contribution in [-0.4, -0.2) is 52.4 Å². The number of rotatable bonds is 3. The number of alkyl halides is 3. The second kappa shape index (κ2) is 5.82. The predicted molar refractivity (Wildman–Crippen MR) is 66.2 cm³/mol. The van der Waals surface area contributed by atoms with Crippen molar-refractivity contribution in [1.29, 1.82) is 0 Å². The van der Waals surface area contributed by atoms with Gasteiger partial charge in [0, 0.05) is 19.3 Å². The van der Waals surface area contributed by atoms with Crippen molar-refractivity contribution in [3.8, 4) is 0 Å². The van der Waals surface area contributed by atoms with Crippen LogP contribution in [-0.2, 0) is 7.05 Å². The number of amides is 1. The van der Waals surface area contributed by atoms with E-state index in [2.05, 4.69) is 10.4 Å². The first-order valence-electron chi connectivity index (χ1n) is 6.45. The van der Waals surface area contributed by atoms with E-state index in [1.807, 2.05) is 0 Å². The zero-order chi connectivity index (χ0) is 14.8. The van der Waals surface area contributed by atoms with E-state index < -0.39 is 18.6 Å². The van der Waals surface area contributed by atoms with E-state index in [0.717, 1.165) is 4.90 Å². The highest BCUT2D eigenvalue weighted by Gasteiger charge is 2.37. The highest BCUT2D eigenvalue weighted by molar-refractivity contribution is 5.92. The number of nitrogens with one attached hydrogen (secondary N) is 1. The molecule has 1 amide bonds. The van der Waals surface area contributed by atoms with Crippen molar-refractivity contribution < 1.29 is 18.0 Å². The first-order chi connectivity index (χ1) is 9.38. The fourth-order valence-electron chi connectivity index (χ4n) is 2.41. The summed E-state index contributed by atoms with van der Waals surface area (Å²) in [6.07, 6.45) is -1.94. The molecule has 8 heteroatoms. The van der Waals surface area contributed by atoms with Crippen LogP contribution in [0.5, 0.6) is 0 Å². The number of carbonyl (C=O) groups is 1. The highest BCUT2D eigenvalue weighted by atomic mass is 19.4. The van der Waals surface area contributed by atoms with Crippen molar-refractivity contribution in [3.05, 3.63) is 18.0 Å². The molecule has 2 rings (SSSR count). The first-order valence-corrected chi connectivity index (χ1v) is 6.45. The molecule has 0 unspecified atom stereocenters. The van der Waals surface area contributed by atoms with Gasteiger partial charge in [-0.2, -0.15) is 18.3 Å². The Bertz CT molecular complexity index is 466. The van der Waals surface area contributed by atoms with Crippen LogP contribution in [0.25, 0.3) is 0 Å². The molecule has 5 nitrogen and oxygen atoms in total. The Balaban J connectivity index is 2.21. The van der Waals surface area contributed by atoms with Gasteiger partial charge in [-0.15, -0.1) is 0 Å². The summed E-state index contributed by atoms with van der Waals surface area (Å²) in [5, 5.41) is 6.92. The molecule has 2 heterocycles. The van der Waals surface area contributed by atoms with Crippen LogP contribution in [0.4, 0.5) is 13.2 Å². The fourth-order valence-corrected chi connectivity index (χ4v) is 2.41. The van der Waals surface area contributed by atoms with Crippen molar-refractivity contribution in [2.45, 2.75) is 25.1 Å². The molecule has 0 saturated carbocycles. The molecule has 0 bridgehead atoms. The molecular formula is C12H17F3N4O. The maximum absolute atomic E-state index is 12.7. The largest absolute Gasteiger partial charge is 0.406 e. The van der Waals surface area contributed by atoms with Gasteiger partial charge in [-0.05, 0) is 32.0 Å². The van der Waals surface area contributed by atoms with Gasteiger partial charge in [-0.1, -0.05) is 0 Å². The van der Waals surface area contributed by atoms with Crippen LogP contribution < -0.4 is 5.32 Å². The van der Waals surface area contributed by atoms with Gasteiger partial charge < -0.3 is 10.2 Å². The van der Waals surface area contributed by atoms with Crippen LogP contribution in [0.3, 0.4) is 0 Å². The molecule has 1 aliphatic heterocycles. The van der Waals surface area contributed by atoms with Crippen molar-refractivity contribution >= 4 is 5.91 Å². The van der Waals surface area contributed by atoms with Crippen LogP contribution in [0.1, 0.15) is 23.3 Å². The Morgan fingerprint density at radius 1 is 1.50 bits per heavy atom. The molecule has 112 valence electrons. The standard InChI is InChI=1S/C12H17F3N4O/c1-18-10(4-7-17-18)11(20)19(8-12(13,14)15)9-2-5-16-6-3-9/h4,7,9,16H,2-3,5-6,8H2,1H3. The fraction of sp³-hybridized carbons (Fsp3) is 0.667. The van der Waals surface area contributed by atoms with Gasteiger partial charge in [0.15, 0.2) is 0 Å². The van der Waals surface area contributed by atoms with Crippen molar-refractivity contribution in [3.63, 3.8) is 0 Å². The average Bonchev–Trinajstić information content (AvgIpc) is 2.81. The number of hydrogen-bond donors (Lipinski definition) is 1. The molecule has 20 heavy (non-hydrogen) atoms. The second-order valence-electron chi connectivity index (χ2n) is 4.87. The van der Waals surface area contributed by atoms with Crippen LogP contribution in [0.2, 0.25) is 0 Å². The number of nitrogens with zero attached hydrogens (tertiary/aromatic N) is 3. The summed E-state index contributed by atoms with van der Waals surface area (Å²) < 4.78 is 39.5. The van der Waals surface area contributed by atoms with Gasteiger partial charge in [0.1, 0.15) is 12.2 Å². The van der Waals surface area contributed by atoms with Gasteiger partial charge >= 0.3 is 6.18 Å². The Kier molecular flexibility index (Phi) is 4.32. The molecule has 1 saturated heterocycles. The monoisotopic (exact) mass is 290 g/mol. The van der Waals surface area contributed by atoms with Gasteiger partial charge in [-0.25, -0.2) is 0 Å². The molecular weight excluding hydrogens is 273 g/mol. The minimum absolute atomic E-state index is 0.174. The number of piperidine rings is 1. The summed E-state index contributed by atoms with van der Waals surface area (Å²) in [6.45, 7) is 0.0249. The van der Waals surface area contributed by atoms with Crippen molar-refractivity contribution in [2.24, 2.45) is 7.05 Å². The Morgan fingerprint density at radius 3 is 2.65 bits per heavy atom. The Labute approximate surface area is 114 Å². The number of carbonyl (C=O) groups excluding carboxylic acids is 1. The van der Waals surface area contributed by atoms with E-state index in [9.17, 15) is 18.0 Å². The predicted octanol–water partition coefficient (Wildman–Crippen LogP) is 1.18. The van der Waals surface area contributed by atoms with E-state index in [-0.39, 0.29) is 11.7 Å². The summed E-state index contributed by atoms with van der Waals surface area (Å²) in [5.74, 6) is -0.616. The lowest BCUT2D eigenvalue weighted by Crippen LogP contribution is -2.50. The Morgan fingerprint density at radius 2 is 2.15 bits per heavy atom. The minimum Gasteiger partial charge on any atom is -0.325 e. The number of halogens is 3. The molecule has 1 aromatic heterocycles. The van der Waals surface area contributed by atoms with Crippen molar-refractivity contribution in [2.75, 3.05) is 19.6 Å². The van der Waals surface area contributed by atoms with Crippen LogP contribution in [0, 0.1) is 0 Å². The number of aromatic nitrogens is 2. The van der Waals surface area contributed by atoms with Gasteiger partial charge in [0.25, 0.3) is 5.91 Å². The summed E-state index contributed by atoms with van der Waals surface area (Å²) in [5.41, 5.74) is 0.174. The Hall–Kier alpha value is -1.57. The van der Waals surface area contributed by atoms with E-state index in [0.29, 0.717) is 25.9 Å². The number of aryl methyl sites for hydroxylation is 1. The van der Waals surface area contributed by atoms with Crippen molar-refractivity contribution in [1.82, 2.24) is 20.0 Å². The maximum Gasteiger partial charge on any atom is 0.406 e. The van der Waals surface area contributed by atoms with E-state index in [4.69, 9.17) is 0 Å². The maximum atomic E-state index is 12.7. The third kappa shape index (κ3) is 3.50. The quantitative estimate of drug-likeness (QED) is 0.909. The normalized spacial score (nSPS) is 17.2. The molecule has 1 fully saturated rings. The van der Waals surface area contributed by atoms with Gasteiger partial charge in [0.2, 0.25) is 0 Å². The lowest BCUT2D eigenvalue weighted by atomic mass is 10.0. The molecule has 0 atom stereocenters. The minimum atomic E-state index is -4.40. The molecule has 1 aromatic rings. The lowest BCUT2D eigenvalue weighted by molar-refractivity contribution is -0.145. The second-order valence-corrected chi connectivity index (χ2v) is 4.87. The third-order valence-corrected chi connectivity index (χ3v) is 3.40. The molecule has 0 radical (unpaired) electrons. The highest BCUT2D eigenvalue weighted by Crippen LogP contribution is 2.23. The molecule has 1 aliphatic rings. The summed E-state index contributed by atoms with van der Waals surface area (Å²) in [4.78, 5) is 13.3. The first kappa shape index (κ1) is 14.8. The summed E-state index contributed by atoms with van der Waals surface area (Å²) in [7, 11) is 1.54. The van der Waals surface area contributed by atoms with Gasteiger partial charge in [-0.3, -0.25) is 9.48 Å². The zero-order valence-corrected chi connectivity index (χ0v) is 11.2. The molecule has 0 aromatic carbocycles. The van der Waals surface area contributed by atoms with Gasteiger partial charge in [0.05, 0.1) is 0 Å². The lowest BCUT2D eigenvalue weighted by Gasteiger charge is -2.35. The third-order valence-electron chi connectivity index (χ3n) is 3.40. The average molecular weight is 290 g/mol. The molecule has 0 spiro atoms. The number of hydrogen-bond acceptors (Lipinski definition) is 3. The molecule has 1 N–H and O–H groups in total. The SMILES string of the molecule is Cn1nccc1C(=O)N(CC(F)(F)F)C1CCNCC1. The smallest absolute Gasteiger partial charge is 0.325 e. The summed E-state index contributed by atoms with van der Waals surface area (Å²) in [6, 6.07) is 1.05. The van der Waals surface area contributed by atoms with Crippen LogP contribution >= 0.6 is 0 Å². The molecule has 0 aliphatic carbocycles. The van der Waals surface area contributed by atoms with Crippen LogP contribution in [0.15, 0.2) is 12.3 Å². The van der Waals surface area contributed by atoms with E-state index in [1.165, 1.54) is 16.9 Å². The topological polar surface area (TPSA) is 50.2 Å².